The second kappa shape index (κ2) is 10.4. The highest BCUT2D eigenvalue weighted by Gasteiger charge is 2.48. The normalized spacial score (nSPS) is 20.8. The lowest BCUT2D eigenvalue weighted by molar-refractivity contribution is -0.155. The highest BCUT2D eigenvalue weighted by molar-refractivity contribution is 5.84. The molecule has 4 heterocycles. The van der Waals surface area contributed by atoms with Gasteiger partial charge >= 0.3 is 5.97 Å². The van der Waals surface area contributed by atoms with Crippen molar-refractivity contribution in [2.75, 3.05) is 17.6 Å². The van der Waals surface area contributed by atoms with Crippen molar-refractivity contribution in [1.82, 2.24) is 29.3 Å². The van der Waals surface area contributed by atoms with Crippen LogP contribution in [-0.4, -0.2) is 75.4 Å². The molecule has 0 aliphatic carbocycles. The number of nitrogens with zero attached hydrogens (tertiary/aromatic N) is 6. The molecule has 1 aliphatic rings. The lowest BCUT2D eigenvalue weighted by atomic mass is 9.91. The number of aliphatic hydroxyl groups excluding tert-OH is 2. The average molecular weight is 543 g/mol. The minimum Gasteiger partial charge on any atom is -0.479 e. The van der Waals surface area contributed by atoms with Crippen molar-refractivity contribution < 1.29 is 24.9 Å². The Hall–Kier alpha value is -4.85. The van der Waals surface area contributed by atoms with Crippen LogP contribution in [-0.2, 0) is 9.53 Å². The molecule has 1 saturated heterocycles. The first kappa shape index (κ1) is 25.4. The van der Waals surface area contributed by atoms with Crippen molar-refractivity contribution in [3.63, 3.8) is 0 Å². The van der Waals surface area contributed by atoms with Crippen LogP contribution in [0, 0.1) is 0 Å². The monoisotopic (exact) mass is 542 g/mol. The molecule has 0 saturated carbocycles. The van der Waals surface area contributed by atoms with E-state index < -0.39 is 30.5 Å². The molecule has 4 atom stereocenters. The van der Waals surface area contributed by atoms with Crippen LogP contribution in [0.15, 0.2) is 79.4 Å². The Bertz CT molecular complexity index is 1600. The highest BCUT2D eigenvalue weighted by Crippen LogP contribution is 2.33. The highest BCUT2D eigenvalue weighted by atomic mass is 16.6. The van der Waals surface area contributed by atoms with Gasteiger partial charge in [0.2, 0.25) is 0 Å². The predicted octanol–water partition coefficient (Wildman–Crippen LogP) is 1.54. The molecule has 204 valence electrons. The van der Waals surface area contributed by atoms with Crippen LogP contribution < -0.4 is 11.1 Å². The van der Waals surface area contributed by atoms with Crippen molar-refractivity contribution in [1.29, 1.82) is 0 Å². The second-order valence-corrected chi connectivity index (χ2v) is 9.44. The molecule has 3 aromatic heterocycles. The summed E-state index contributed by atoms with van der Waals surface area (Å²) in [4.78, 5) is 25.2. The number of aliphatic hydroxyl groups is 2. The van der Waals surface area contributed by atoms with Crippen molar-refractivity contribution >= 4 is 28.6 Å². The number of aliphatic carboxylic acids is 1. The molecule has 2 aromatic carbocycles. The number of hydrogen-bond acceptors (Lipinski definition) is 10. The van der Waals surface area contributed by atoms with E-state index in [1.54, 1.807) is 6.20 Å². The Labute approximate surface area is 227 Å². The average Bonchev–Trinajstić information content (AvgIpc) is 3.67. The minimum absolute atomic E-state index is 0.0234. The molecule has 1 fully saturated rings. The van der Waals surface area contributed by atoms with Crippen molar-refractivity contribution in [3.05, 3.63) is 90.5 Å². The van der Waals surface area contributed by atoms with Crippen LogP contribution in [0.1, 0.15) is 23.3 Å². The fourth-order valence-electron chi connectivity index (χ4n) is 4.85. The lowest BCUT2D eigenvalue weighted by Gasteiger charge is -2.20. The molecule has 0 amide bonds. The maximum atomic E-state index is 11.5. The summed E-state index contributed by atoms with van der Waals surface area (Å²) in [5.41, 5.74) is 9.08. The number of ether oxygens (including phenoxy) is 1. The van der Waals surface area contributed by atoms with Gasteiger partial charge in [-0.3, -0.25) is 4.57 Å². The first-order valence-corrected chi connectivity index (χ1v) is 12.5. The van der Waals surface area contributed by atoms with Gasteiger partial charge < -0.3 is 31.1 Å². The zero-order valence-corrected chi connectivity index (χ0v) is 21.0. The number of nitrogens with two attached hydrogens (primary N) is 1. The first-order valence-electron chi connectivity index (χ1n) is 12.5. The number of benzene rings is 2. The standard InChI is InChI=1S/C27H26N8O5/c28-17-11-31-35(13-17)27-32-23(29-12-18(15-7-3-1-4-8-15)16-9-5-2-6-10-16)19-24(33-27)34(14-30-19)25-21(37)20(36)22(40-25)26(38)39/h1-11,13-14,18,20-22,25,36-37H,12,28H2,(H,38,39)(H,29,32,33)/t20-,21+,22-,25+/m0/s1. The van der Waals surface area contributed by atoms with Crippen LogP contribution in [0.2, 0.25) is 0 Å². The summed E-state index contributed by atoms with van der Waals surface area (Å²) in [6.45, 7) is 0.454. The summed E-state index contributed by atoms with van der Waals surface area (Å²) in [7, 11) is 0. The Morgan fingerprint density at radius 2 is 1.70 bits per heavy atom. The van der Waals surface area contributed by atoms with E-state index >= 15 is 0 Å². The van der Waals surface area contributed by atoms with Gasteiger partial charge in [-0.2, -0.15) is 15.1 Å². The van der Waals surface area contributed by atoms with Crippen molar-refractivity contribution in [3.8, 4) is 5.95 Å². The topological polar surface area (TPSA) is 186 Å². The van der Waals surface area contributed by atoms with Gasteiger partial charge in [0, 0.05) is 12.5 Å². The van der Waals surface area contributed by atoms with Crippen LogP contribution in [0.5, 0.6) is 0 Å². The first-order chi connectivity index (χ1) is 19.4. The van der Waals surface area contributed by atoms with Gasteiger partial charge in [0.15, 0.2) is 29.3 Å². The Morgan fingerprint density at radius 1 is 1.02 bits per heavy atom. The molecular formula is C27H26N8O5. The van der Waals surface area contributed by atoms with E-state index in [0.717, 1.165) is 11.1 Å². The fraction of sp³-hybridized carbons (Fsp3) is 0.222. The molecule has 13 nitrogen and oxygen atoms in total. The smallest absolute Gasteiger partial charge is 0.335 e. The summed E-state index contributed by atoms with van der Waals surface area (Å²) in [6, 6.07) is 20.1. The van der Waals surface area contributed by atoms with Crippen molar-refractivity contribution in [2.24, 2.45) is 0 Å². The van der Waals surface area contributed by atoms with E-state index in [9.17, 15) is 20.1 Å². The van der Waals surface area contributed by atoms with E-state index in [-0.39, 0.29) is 17.5 Å². The van der Waals surface area contributed by atoms with Gasteiger partial charge in [0.1, 0.15) is 12.2 Å². The summed E-state index contributed by atoms with van der Waals surface area (Å²) < 4.78 is 8.27. The molecule has 0 radical (unpaired) electrons. The summed E-state index contributed by atoms with van der Waals surface area (Å²) in [6.07, 6.45) is -1.66. The van der Waals surface area contributed by atoms with Gasteiger partial charge in [0.05, 0.1) is 24.4 Å². The van der Waals surface area contributed by atoms with Crippen LogP contribution >= 0.6 is 0 Å². The third kappa shape index (κ3) is 4.62. The molecule has 13 heteroatoms. The number of nitrogens with one attached hydrogen (secondary N) is 1. The number of fused-ring (bicyclic) bond motifs is 1. The van der Waals surface area contributed by atoms with Gasteiger partial charge in [-0.15, -0.1) is 0 Å². The maximum absolute atomic E-state index is 11.5. The number of nitrogen functional groups attached to an aromatic ring is 1. The molecule has 40 heavy (non-hydrogen) atoms. The summed E-state index contributed by atoms with van der Waals surface area (Å²) in [5.74, 6) is -0.875. The van der Waals surface area contributed by atoms with Crippen LogP contribution in [0.4, 0.5) is 11.5 Å². The lowest BCUT2D eigenvalue weighted by Crippen LogP contribution is -2.35. The third-order valence-electron chi connectivity index (χ3n) is 6.85. The molecule has 6 N–H and O–H groups in total. The zero-order chi connectivity index (χ0) is 27.8. The third-order valence-corrected chi connectivity index (χ3v) is 6.85. The number of imidazole rings is 1. The van der Waals surface area contributed by atoms with Gasteiger partial charge in [0.25, 0.3) is 5.95 Å². The largest absolute Gasteiger partial charge is 0.479 e. The van der Waals surface area contributed by atoms with Gasteiger partial charge in [-0.05, 0) is 11.1 Å². The van der Waals surface area contributed by atoms with Crippen LogP contribution in [0.3, 0.4) is 0 Å². The molecule has 6 rings (SSSR count). The molecule has 0 bridgehead atoms. The Morgan fingerprint density at radius 3 is 2.27 bits per heavy atom. The molecule has 5 aromatic rings. The van der Waals surface area contributed by atoms with E-state index in [2.05, 4.69) is 49.6 Å². The summed E-state index contributed by atoms with van der Waals surface area (Å²) in [5, 5.41) is 37.9. The quantitative estimate of drug-likeness (QED) is 0.191. The Kier molecular flexibility index (Phi) is 6.59. The van der Waals surface area contributed by atoms with E-state index in [0.29, 0.717) is 23.6 Å². The maximum Gasteiger partial charge on any atom is 0.335 e. The molecule has 1 aliphatic heterocycles. The predicted molar refractivity (Wildman–Crippen MR) is 144 cm³/mol. The molecular weight excluding hydrogens is 516 g/mol. The second-order valence-electron chi connectivity index (χ2n) is 9.44. The fourth-order valence-corrected chi connectivity index (χ4v) is 4.85. The van der Waals surface area contributed by atoms with E-state index in [1.807, 2.05) is 36.4 Å². The number of hydrogen-bond donors (Lipinski definition) is 5. The number of aromatic nitrogens is 6. The van der Waals surface area contributed by atoms with Crippen molar-refractivity contribution in [2.45, 2.75) is 30.5 Å². The molecule has 0 unspecified atom stereocenters. The Balaban J connectivity index is 1.41. The number of anilines is 2. The zero-order valence-electron chi connectivity index (χ0n) is 21.0. The number of carboxylic acids is 1. The van der Waals surface area contributed by atoms with E-state index in [1.165, 1.54) is 21.8 Å². The van der Waals surface area contributed by atoms with Gasteiger partial charge in [-0.1, -0.05) is 60.7 Å². The number of carbonyl (C=O) groups is 1. The SMILES string of the molecule is Nc1cnn(-c2nc(NCC(c3ccccc3)c3ccccc3)c3ncn([C@@H]4O[C@H](C(=O)O)[C@@H](O)[C@H]4O)c3n2)c1. The van der Waals surface area contributed by atoms with Crippen LogP contribution in [0.25, 0.3) is 17.1 Å². The number of carboxylic acid groups (broad SMARTS) is 1. The number of rotatable bonds is 8. The van der Waals surface area contributed by atoms with Gasteiger partial charge in [-0.25, -0.2) is 14.5 Å². The van der Waals surface area contributed by atoms with E-state index in [4.69, 9.17) is 10.5 Å². The summed E-state index contributed by atoms with van der Waals surface area (Å²) >= 11 is 0. The molecule has 0 spiro atoms. The minimum atomic E-state index is -1.64.